The number of esters is 1. The zero-order valence-electron chi connectivity index (χ0n) is 17.2. The second-order valence-electron chi connectivity index (χ2n) is 6.48. The monoisotopic (exact) mass is 401 g/mol. The van der Waals surface area contributed by atoms with Crippen LogP contribution in [0.25, 0.3) is 0 Å². The summed E-state index contributed by atoms with van der Waals surface area (Å²) in [4.78, 5) is 24.5. The van der Waals surface area contributed by atoms with E-state index in [0.29, 0.717) is 11.5 Å². The summed E-state index contributed by atoms with van der Waals surface area (Å²) < 4.78 is 20.7. The highest BCUT2D eigenvalue weighted by Gasteiger charge is 2.20. The van der Waals surface area contributed by atoms with Crippen LogP contribution in [0.4, 0.5) is 0 Å². The van der Waals surface area contributed by atoms with Crippen molar-refractivity contribution in [3.8, 4) is 17.2 Å². The Hall–Kier alpha value is -3.22. The fraction of sp³-hybridized carbons (Fsp3) is 0.364. The van der Waals surface area contributed by atoms with Crippen molar-refractivity contribution in [2.24, 2.45) is 0 Å². The Morgan fingerprint density at radius 1 is 0.931 bits per heavy atom. The third-order valence-corrected chi connectivity index (χ3v) is 4.38. The Kier molecular flexibility index (Phi) is 8.33. The molecule has 2 rings (SSSR count). The van der Waals surface area contributed by atoms with Crippen LogP contribution in [-0.2, 0) is 16.0 Å². The van der Waals surface area contributed by atoms with Crippen LogP contribution in [0.3, 0.4) is 0 Å². The Morgan fingerprint density at radius 2 is 1.55 bits per heavy atom. The van der Waals surface area contributed by atoms with Gasteiger partial charge in [-0.2, -0.15) is 0 Å². The maximum absolute atomic E-state index is 12.4. The molecule has 0 spiro atoms. The number of hydrogen-bond acceptors (Lipinski definition) is 6. The van der Waals surface area contributed by atoms with E-state index in [9.17, 15) is 9.59 Å². The first-order valence-electron chi connectivity index (χ1n) is 9.28. The van der Waals surface area contributed by atoms with Gasteiger partial charge in [-0.15, -0.1) is 0 Å². The molecule has 0 radical (unpaired) electrons. The summed E-state index contributed by atoms with van der Waals surface area (Å²) in [6.45, 7) is 1.53. The van der Waals surface area contributed by atoms with Crippen LogP contribution in [0.1, 0.15) is 29.3 Å². The summed E-state index contributed by atoms with van der Waals surface area (Å²) in [7, 11) is 4.38. The van der Waals surface area contributed by atoms with Crippen molar-refractivity contribution in [1.29, 1.82) is 0 Å². The van der Waals surface area contributed by atoms with E-state index in [-0.39, 0.29) is 29.9 Å². The van der Waals surface area contributed by atoms with Crippen molar-refractivity contribution in [3.63, 3.8) is 0 Å². The van der Waals surface area contributed by atoms with Gasteiger partial charge in [0.1, 0.15) is 11.3 Å². The molecule has 0 aliphatic carbocycles. The number of nitrogens with one attached hydrogen (secondary N) is 1. The maximum atomic E-state index is 12.4. The van der Waals surface area contributed by atoms with Crippen LogP contribution in [0.15, 0.2) is 42.5 Å². The fourth-order valence-corrected chi connectivity index (χ4v) is 2.81. The molecular weight excluding hydrogens is 374 g/mol. The SMILES string of the molecule is COc1cc(OC)c(C(=O)OCC(=O)NC(C)CCc2ccccc2)cc1OC. The average molecular weight is 401 g/mol. The van der Waals surface area contributed by atoms with Crippen molar-refractivity contribution >= 4 is 11.9 Å². The Bertz CT molecular complexity index is 822. The topological polar surface area (TPSA) is 83.1 Å². The van der Waals surface area contributed by atoms with E-state index in [1.807, 2.05) is 37.3 Å². The number of rotatable bonds is 10. The second kappa shape index (κ2) is 10.9. The van der Waals surface area contributed by atoms with Gasteiger partial charge in [0.05, 0.1) is 21.3 Å². The smallest absolute Gasteiger partial charge is 0.342 e. The molecule has 156 valence electrons. The zero-order valence-corrected chi connectivity index (χ0v) is 17.2. The summed E-state index contributed by atoms with van der Waals surface area (Å²) in [5.41, 5.74) is 1.36. The summed E-state index contributed by atoms with van der Waals surface area (Å²) >= 11 is 0. The number of benzene rings is 2. The van der Waals surface area contributed by atoms with E-state index in [1.54, 1.807) is 0 Å². The molecule has 1 unspecified atom stereocenters. The lowest BCUT2D eigenvalue weighted by atomic mass is 10.1. The Labute approximate surface area is 170 Å². The van der Waals surface area contributed by atoms with Crippen LogP contribution >= 0.6 is 0 Å². The van der Waals surface area contributed by atoms with Gasteiger partial charge in [0, 0.05) is 18.2 Å². The van der Waals surface area contributed by atoms with E-state index in [1.165, 1.54) is 39.0 Å². The first-order chi connectivity index (χ1) is 14.0. The van der Waals surface area contributed by atoms with Crippen LogP contribution in [0.2, 0.25) is 0 Å². The van der Waals surface area contributed by atoms with Crippen molar-refractivity contribution in [2.45, 2.75) is 25.8 Å². The van der Waals surface area contributed by atoms with E-state index in [0.717, 1.165) is 12.8 Å². The van der Waals surface area contributed by atoms with Crippen molar-refractivity contribution < 1.29 is 28.5 Å². The van der Waals surface area contributed by atoms with Crippen LogP contribution in [0.5, 0.6) is 17.2 Å². The highest BCUT2D eigenvalue weighted by Crippen LogP contribution is 2.34. The van der Waals surface area contributed by atoms with Gasteiger partial charge in [-0.1, -0.05) is 30.3 Å². The first-order valence-corrected chi connectivity index (χ1v) is 9.28. The van der Waals surface area contributed by atoms with Gasteiger partial charge in [-0.25, -0.2) is 4.79 Å². The summed E-state index contributed by atoms with van der Waals surface area (Å²) in [5.74, 6) is 0.00246. The lowest BCUT2D eigenvalue weighted by Crippen LogP contribution is -2.36. The minimum absolute atomic E-state index is 0.0444. The third kappa shape index (κ3) is 6.41. The molecule has 0 aromatic heterocycles. The second-order valence-corrected chi connectivity index (χ2v) is 6.48. The van der Waals surface area contributed by atoms with E-state index in [4.69, 9.17) is 18.9 Å². The van der Waals surface area contributed by atoms with E-state index < -0.39 is 5.97 Å². The zero-order chi connectivity index (χ0) is 21.2. The van der Waals surface area contributed by atoms with Crippen LogP contribution in [-0.4, -0.2) is 45.9 Å². The summed E-state index contributed by atoms with van der Waals surface area (Å²) in [6.07, 6.45) is 1.64. The highest BCUT2D eigenvalue weighted by atomic mass is 16.5. The Morgan fingerprint density at radius 3 is 2.17 bits per heavy atom. The average Bonchev–Trinajstić information content (AvgIpc) is 2.75. The summed E-state index contributed by atoms with van der Waals surface area (Å²) in [5, 5.41) is 2.83. The molecule has 7 heteroatoms. The molecule has 0 aliphatic heterocycles. The fourth-order valence-electron chi connectivity index (χ4n) is 2.81. The molecule has 1 amide bonds. The van der Waals surface area contributed by atoms with Crippen molar-refractivity contribution in [3.05, 3.63) is 53.6 Å². The number of hydrogen-bond donors (Lipinski definition) is 1. The lowest BCUT2D eigenvalue weighted by Gasteiger charge is -2.15. The summed E-state index contributed by atoms with van der Waals surface area (Å²) in [6, 6.07) is 13.0. The predicted octanol–water partition coefficient (Wildman–Crippen LogP) is 3.01. The lowest BCUT2D eigenvalue weighted by molar-refractivity contribution is -0.124. The predicted molar refractivity (Wildman–Crippen MR) is 109 cm³/mol. The molecule has 0 saturated heterocycles. The molecule has 1 N–H and O–H groups in total. The molecule has 7 nitrogen and oxygen atoms in total. The van der Waals surface area contributed by atoms with Gasteiger partial charge in [-0.3, -0.25) is 4.79 Å². The standard InChI is InChI=1S/C22H27NO6/c1-15(10-11-16-8-6-5-7-9-16)23-21(24)14-29-22(25)17-12-19(27-3)20(28-4)13-18(17)26-2/h5-9,12-13,15H,10-11,14H2,1-4H3,(H,23,24). The number of amides is 1. The van der Waals surface area contributed by atoms with Crippen LogP contribution in [0, 0.1) is 0 Å². The number of ether oxygens (including phenoxy) is 4. The van der Waals surface area contributed by atoms with Gasteiger partial charge in [-0.05, 0) is 25.3 Å². The maximum Gasteiger partial charge on any atom is 0.342 e. The minimum Gasteiger partial charge on any atom is -0.496 e. The quantitative estimate of drug-likeness (QED) is 0.616. The van der Waals surface area contributed by atoms with Gasteiger partial charge >= 0.3 is 5.97 Å². The molecule has 0 heterocycles. The first kappa shape index (κ1) is 22.1. The van der Waals surface area contributed by atoms with Crippen molar-refractivity contribution in [2.75, 3.05) is 27.9 Å². The van der Waals surface area contributed by atoms with Gasteiger partial charge in [0.25, 0.3) is 5.91 Å². The van der Waals surface area contributed by atoms with Gasteiger partial charge < -0.3 is 24.3 Å². The number of carbonyl (C=O) groups is 2. The highest BCUT2D eigenvalue weighted by molar-refractivity contribution is 5.95. The molecular formula is C22H27NO6. The molecule has 1 atom stereocenters. The minimum atomic E-state index is -0.685. The molecule has 0 fully saturated rings. The van der Waals surface area contributed by atoms with Gasteiger partial charge in [0.2, 0.25) is 0 Å². The molecule has 29 heavy (non-hydrogen) atoms. The van der Waals surface area contributed by atoms with E-state index >= 15 is 0 Å². The number of aryl methyl sites for hydroxylation is 1. The molecule has 2 aromatic rings. The normalized spacial score (nSPS) is 11.3. The molecule has 0 bridgehead atoms. The van der Waals surface area contributed by atoms with Crippen molar-refractivity contribution in [1.82, 2.24) is 5.32 Å². The molecule has 0 aliphatic rings. The van der Waals surface area contributed by atoms with Crippen LogP contribution < -0.4 is 19.5 Å². The van der Waals surface area contributed by atoms with E-state index in [2.05, 4.69) is 5.32 Å². The Balaban J connectivity index is 1.88. The largest absolute Gasteiger partial charge is 0.496 e. The number of carbonyl (C=O) groups excluding carboxylic acids is 2. The molecule has 0 saturated carbocycles. The van der Waals surface area contributed by atoms with Gasteiger partial charge in [0.15, 0.2) is 18.1 Å². The number of methoxy groups -OCH3 is 3. The third-order valence-electron chi connectivity index (χ3n) is 4.38. The molecule has 2 aromatic carbocycles.